The van der Waals surface area contributed by atoms with Crippen LogP contribution in [0.15, 0.2) is 30.3 Å². The molecule has 2 aliphatic rings. The van der Waals surface area contributed by atoms with Crippen LogP contribution in [0, 0.1) is 0 Å². The minimum absolute atomic E-state index is 0.218. The molecule has 17 heavy (non-hydrogen) atoms. The van der Waals surface area contributed by atoms with Gasteiger partial charge in [0.2, 0.25) is 5.91 Å². The van der Waals surface area contributed by atoms with E-state index in [9.17, 15) is 4.79 Å². The Kier molecular flexibility index (Phi) is 2.85. The van der Waals surface area contributed by atoms with Gasteiger partial charge in [0.25, 0.3) is 0 Å². The van der Waals surface area contributed by atoms with Crippen LogP contribution in [0.5, 0.6) is 0 Å². The lowest BCUT2D eigenvalue weighted by molar-refractivity contribution is -0.121. The van der Waals surface area contributed by atoms with Crippen LogP contribution in [0.4, 0.5) is 0 Å². The Morgan fingerprint density at radius 1 is 1.18 bits per heavy atom. The highest BCUT2D eigenvalue weighted by Gasteiger charge is 2.36. The van der Waals surface area contributed by atoms with E-state index in [2.05, 4.69) is 34.5 Å². The Morgan fingerprint density at radius 3 is 2.76 bits per heavy atom. The van der Waals surface area contributed by atoms with Gasteiger partial charge in [-0.05, 0) is 18.4 Å². The summed E-state index contributed by atoms with van der Waals surface area (Å²) >= 11 is 0. The molecule has 3 rings (SSSR count). The summed E-state index contributed by atoms with van der Waals surface area (Å²) in [6, 6.07) is 11.5. The number of carbonyl (C=O) groups is 1. The van der Waals surface area contributed by atoms with E-state index in [4.69, 9.17) is 0 Å². The molecule has 2 heterocycles. The van der Waals surface area contributed by atoms with Gasteiger partial charge >= 0.3 is 0 Å². The lowest BCUT2D eigenvalue weighted by Gasteiger charge is -2.27. The molecule has 3 nitrogen and oxygen atoms in total. The van der Waals surface area contributed by atoms with Gasteiger partial charge in [-0.25, -0.2) is 0 Å². The zero-order chi connectivity index (χ0) is 11.7. The molecule has 0 unspecified atom stereocenters. The van der Waals surface area contributed by atoms with Crippen molar-refractivity contribution >= 4 is 5.91 Å². The summed E-state index contributed by atoms with van der Waals surface area (Å²) < 4.78 is 0. The van der Waals surface area contributed by atoms with Crippen LogP contribution in [0.25, 0.3) is 0 Å². The van der Waals surface area contributed by atoms with E-state index in [-0.39, 0.29) is 5.91 Å². The summed E-state index contributed by atoms with van der Waals surface area (Å²) in [6.07, 6.45) is 3.06. The molecule has 1 amide bonds. The van der Waals surface area contributed by atoms with Crippen LogP contribution < -0.4 is 5.32 Å². The highest BCUT2D eigenvalue weighted by molar-refractivity contribution is 5.77. The van der Waals surface area contributed by atoms with Gasteiger partial charge in [-0.1, -0.05) is 30.3 Å². The normalized spacial score (nSPS) is 28.8. The van der Waals surface area contributed by atoms with E-state index >= 15 is 0 Å². The van der Waals surface area contributed by atoms with Crippen LogP contribution in [0.2, 0.25) is 0 Å². The minimum Gasteiger partial charge on any atom is -0.354 e. The third-order valence-corrected chi connectivity index (χ3v) is 3.93. The summed E-state index contributed by atoms with van der Waals surface area (Å²) in [5, 5.41) is 3.01. The molecule has 0 aromatic heterocycles. The van der Waals surface area contributed by atoms with Gasteiger partial charge in [0, 0.05) is 31.6 Å². The lowest BCUT2D eigenvalue weighted by Crippen LogP contribution is -2.37. The summed E-state index contributed by atoms with van der Waals surface area (Å²) in [4.78, 5) is 14.0. The van der Waals surface area contributed by atoms with Crippen LogP contribution in [0.1, 0.15) is 24.8 Å². The first kappa shape index (κ1) is 10.8. The van der Waals surface area contributed by atoms with Gasteiger partial charge in [0.15, 0.2) is 0 Å². The molecular formula is C14H18N2O. The number of fused-ring (bicyclic) bond motifs is 2. The van der Waals surface area contributed by atoms with Gasteiger partial charge in [0.05, 0.1) is 0 Å². The van der Waals surface area contributed by atoms with Gasteiger partial charge in [-0.15, -0.1) is 0 Å². The molecule has 2 saturated heterocycles. The first-order valence-electron chi connectivity index (χ1n) is 6.39. The van der Waals surface area contributed by atoms with Crippen molar-refractivity contribution < 1.29 is 4.79 Å². The molecule has 0 aliphatic carbocycles. The number of benzene rings is 1. The fourth-order valence-corrected chi connectivity index (χ4v) is 3.02. The average Bonchev–Trinajstić information content (AvgIpc) is 2.62. The Hall–Kier alpha value is -1.35. The first-order chi connectivity index (χ1) is 8.33. The van der Waals surface area contributed by atoms with Crippen molar-refractivity contribution in [2.45, 2.75) is 37.9 Å². The van der Waals surface area contributed by atoms with E-state index in [1.54, 1.807) is 0 Å². The van der Waals surface area contributed by atoms with E-state index in [0.29, 0.717) is 18.5 Å². The van der Waals surface area contributed by atoms with Gasteiger partial charge < -0.3 is 5.32 Å². The zero-order valence-electron chi connectivity index (χ0n) is 9.93. The van der Waals surface area contributed by atoms with Gasteiger partial charge in [-0.2, -0.15) is 0 Å². The molecule has 90 valence electrons. The van der Waals surface area contributed by atoms with Crippen molar-refractivity contribution in [2.75, 3.05) is 6.54 Å². The van der Waals surface area contributed by atoms with E-state index < -0.39 is 0 Å². The SMILES string of the molecule is O=C1C[C@H]2CC[C@H](CN1)N2Cc1ccccc1. The summed E-state index contributed by atoms with van der Waals surface area (Å²) in [5.74, 6) is 0.218. The number of rotatable bonds is 2. The third kappa shape index (κ3) is 2.20. The first-order valence-corrected chi connectivity index (χ1v) is 6.39. The predicted octanol–water partition coefficient (Wildman–Crippen LogP) is 1.54. The lowest BCUT2D eigenvalue weighted by atomic mass is 10.1. The predicted molar refractivity (Wildman–Crippen MR) is 66.4 cm³/mol. The van der Waals surface area contributed by atoms with Crippen LogP contribution in [0.3, 0.4) is 0 Å². The van der Waals surface area contributed by atoms with E-state index in [1.165, 1.54) is 18.4 Å². The fourth-order valence-electron chi connectivity index (χ4n) is 3.02. The van der Waals surface area contributed by atoms with Crippen molar-refractivity contribution in [3.8, 4) is 0 Å². The maximum absolute atomic E-state index is 11.5. The standard InChI is InChI=1S/C14H18N2O/c17-14-8-12-6-7-13(9-15-14)16(12)10-11-4-2-1-3-5-11/h1-5,12-13H,6-10H2,(H,15,17)/t12-,13-/m1/s1. The number of amides is 1. The Bertz CT molecular complexity index is 404. The van der Waals surface area contributed by atoms with Crippen molar-refractivity contribution in [3.05, 3.63) is 35.9 Å². The monoisotopic (exact) mass is 230 g/mol. The quantitative estimate of drug-likeness (QED) is 0.836. The molecule has 2 atom stereocenters. The molecule has 2 bridgehead atoms. The summed E-state index contributed by atoms with van der Waals surface area (Å²) in [5.41, 5.74) is 1.35. The van der Waals surface area contributed by atoms with E-state index in [0.717, 1.165) is 13.1 Å². The molecular weight excluding hydrogens is 212 g/mol. The Labute approximate surface area is 102 Å². The van der Waals surface area contributed by atoms with Crippen LogP contribution >= 0.6 is 0 Å². The second-order valence-corrected chi connectivity index (χ2v) is 5.05. The third-order valence-electron chi connectivity index (χ3n) is 3.93. The maximum Gasteiger partial charge on any atom is 0.221 e. The maximum atomic E-state index is 11.5. The minimum atomic E-state index is 0.218. The molecule has 1 aromatic rings. The second kappa shape index (κ2) is 4.49. The molecule has 0 radical (unpaired) electrons. The van der Waals surface area contributed by atoms with E-state index in [1.807, 2.05) is 6.07 Å². The number of nitrogens with one attached hydrogen (secondary N) is 1. The van der Waals surface area contributed by atoms with Gasteiger partial charge in [-0.3, -0.25) is 9.69 Å². The molecule has 2 aliphatic heterocycles. The highest BCUT2D eigenvalue weighted by Crippen LogP contribution is 2.29. The van der Waals surface area contributed by atoms with Crippen LogP contribution in [-0.4, -0.2) is 29.4 Å². The molecule has 1 N–H and O–H groups in total. The summed E-state index contributed by atoms with van der Waals surface area (Å²) in [7, 11) is 0. The number of carbonyl (C=O) groups excluding carboxylic acids is 1. The molecule has 1 aromatic carbocycles. The topological polar surface area (TPSA) is 32.3 Å². The molecule has 0 saturated carbocycles. The smallest absolute Gasteiger partial charge is 0.221 e. The van der Waals surface area contributed by atoms with Gasteiger partial charge in [0.1, 0.15) is 0 Å². The largest absolute Gasteiger partial charge is 0.354 e. The fraction of sp³-hybridized carbons (Fsp3) is 0.500. The molecule has 0 spiro atoms. The van der Waals surface area contributed by atoms with Crippen molar-refractivity contribution in [1.29, 1.82) is 0 Å². The molecule has 2 fully saturated rings. The molecule has 3 heteroatoms. The second-order valence-electron chi connectivity index (χ2n) is 5.05. The average molecular weight is 230 g/mol. The number of nitrogens with zero attached hydrogens (tertiary/aromatic N) is 1. The zero-order valence-corrected chi connectivity index (χ0v) is 9.93. The number of hydrogen-bond acceptors (Lipinski definition) is 2. The number of hydrogen-bond donors (Lipinski definition) is 1. The summed E-state index contributed by atoms with van der Waals surface area (Å²) in [6.45, 7) is 1.80. The van der Waals surface area contributed by atoms with Crippen molar-refractivity contribution in [3.63, 3.8) is 0 Å². The Morgan fingerprint density at radius 2 is 1.94 bits per heavy atom. The van der Waals surface area contributed by atoms with Crippen LogP contribution in [-0.2, 0) is 11.3 Å². The van der Waals surface area contributed by atoms with Crippen molar-refractivity contribution in [2.24, 2.45) is 0 Å². The Balaban J connectivity index is 1.76. The highest BCUT2D eigenvalue weighted by atomic mass is 16.1. The van der Waals surface area contributed by atoms with Crippen molar-refractivity contribution in [1.82, 2.24) is 10.2 Å².